The highest BCUT2D eigenvalue weighted by Crippen LogP contribution is 2.22. The molecule has 1 aromatic carbocycles. The molecule has 0 amide bonds. The molecule has 1 unspecified atom stereocenters. The van der Waals surface area contributed by atoms with Gasteiger partial charge in [0.1, 0.15) is 0 Å². The highest BCUT2D eigenvalue weighted by Gasteiger charge is 2.29. The monoisotopic (exact) mass is 277 g/mol. The standard InChI is InChI=1S/C16H23NO3/c1-13(19)15-5-2-4-14(10-15)11-17-8-3-6-16(20,12-18)7-9-17/h2,4-5,10,18,20H,3,6-9,11-12H2,1H3. The molecule has 0 spiro atoms. The molecule has 1 aliphatic rings. The molecule has 1 saturated heterocycles. The van der Waals surface area contributed by atoms with Gasteiger partial charge in [0.15, 0.2) is 5.78 Å². The van der Waals surface area contributed by atoms with E-state index in [9.17, 15) is 15.0 Å². The van der Waals surface area contributed by atoms with E-state index in [4.69, 9.17) is 0 Å². The molecular weight excluding hydrogens is 254 g/mol. The molecule has 2 rings (SSSR count). The normalized spacial score (nSPS) is 24.4. The van der Waals surface area contributed by atoms with Crippen LogP contribution < -0.4 is 0 Å². The first-order valence-corrected chi connectivity index (χ1v) is 7.18. The van der Waals surface area contributed by atoms with Crippen molar-refractivity contribution >= 4 is 5.78 Å². The van der Waals surface area contributed by atoms with Crippen LogP contribution in [0.15, 0.2) is 24.3 Å². The fraction of sp³-hybridized carbons (Fsp3) is 0.562. The van der Waals surface area contributed by atoms with Gasteiger partial charge in [0.2, 0.25) is 0 Å². The van der Waals surface area contributed by atoms with Gasteiger partial charge in [0.05, 0.1) is 12.2 Å². The average molecular weight is 277 g/mol. The van der Waals surface area contributed by atoms with Gasteiger partial charge in [-0.05, 0) is 44.4 Å². The van der Waals surface area contributed by atoms with Crippen LogP contribution in [0.2, 0.25) is 0 Å². The quantitative estimate of drug-likeness (QED) is 0.821. The minimum absolute atomic E-state index is 0.0809. The smallest absolute Gasteiger partial charge is 0.159 e. The van der Waals surface area contributed by atoms with E-state index >= 15 is 0 Å². The molecule has 1 aliphatic heterocycles. The van der Waals surface area contributed by atoms with Crippen molar-refractivity contribution in [2.75, 3.05) is 19.7 Å². The summed E-state index contributed by atoms with van der Waals surface area (Å²) in [6.45, 7) is 3.86. The molecule has 0 bridgehead atoms. The molecule has 0 aliphatic carbocycles. The van der Waals surface area contributed by atoms with Crippen LogP contribution in [-0.4, -0.2) is 46.2 Å². The molecule has 0 aromatic heterocycles. The van der Waals surface area contributed by atoms with Crippen molar-refractivity contribution < 1.29 is 15.0 Å². The van der Waals surface area contributed by atoms with Gasteiger partial charge in [0.25, 0.3) is 0 Å². The van der Waals surface area contributed by atoms with Crippen LogP contribution in [0.5, 0.6) is 0 Å². The largest absolute Gasteiger partial charge is 0.393 e. The third-order valence-corrected chi connectivity index (χ3v) is 4.04. The second-order valence-electron chi connectivity index (χ2n) is 5.77. The summed E-state index contributed by atoms with van der Waals surface area (Å²) in [6.07, 6.45) is 2.12. The van der Waals surface area contributed by atoms with E-state index in [0.29, 0.717) is 12.8 Å². The van der Waals surface area contributed by atoms with Crippen LogP contribution in [0.1, 0.15) is 42.1 Å². The number of carbonyl (C=O) groups is 1. The Balaban J connectivity index is 2.00. The number of nitrogens with zero attached hydrogens (tertiary/aromatic N) is 1. The van der Waals surface area contributed by atoms with Crippen LogP contribution >= 0.6 is 0 Å². The number of aliphatic hydroxyl groups is 2. The number of ketones is 1. The Morgan fingerprint density at radius 3 is 2.85 bits per heavy atom. The predicted octanol–water partition coefficient (Wildman–Crippen LogP) is 1.60. The van der Waals surface area contributed by atoms with Crippen molar-refractivity contribution in [2.24, 2.45) is 0 Å². The molecule has 1 fully saturated rings. The summed E-state index contributed by atoms with van der Waals surface area (Å²) in [7, 11) is 0. The molecule has 4 nitrogen and oxygen atoms in total. The first kappa shape index (κ1) is 15.2. The van der Waals surface area contributed by atoms with Crippen LogP contribution in [0.3, 0.4) is 0 Å². The summed E-state index contributed by atoms with van der Waals surface area (Å²) < 4.78 is 0. The summed E-state index contributed by atoms with van der Waals surface area (Å²) in [6, 6.07) is 7.70. The maximum Gasteiger partial charge on any atom is 0.159 e. The fourth-order valence-electron chi connectivity index (χ4n) is 2.70. The van der Waals surface area contributed by atoms with E-state index in [1.165, 1.54) is 0 Å². The molecule has 0 saturated carbocycles. The lowest BCUT2D eigenvalue weighted by Crippen LogP contribution is -2.34. The van der Waals surface area contributed by atoms with Crippen LogP contribution in [0, 0.1) is 0 Å². The zero-order chi connectivity index (χ0) is 14.6. The number of aliphatic hydroxyl groups excluding tert-OH is 1. The fourth-order valence-corrected chi connectivity index (χ4v) is 2.70. The molecule has 0 radical (unpaired) electrons. The first-order valence-electron chi connectivity index (χ1n) is 7.18. The molecule has 2 N–H and O–H groups in total. The summed E-state index contributed by atoms with van der Waals surface area (Å²) in [5, 5.41) is 19.4. The minimum Gasteiger partial charge on any atom is -0.393 e. The van der Waals surface area contributed by atoms with Crippen molar-refractivity contribution in [1.29, 1.82) is 0 Å². The van der Waals surface area contributed by atoms with Gasteiger partial charge in [-0.1, -0.05) is 18.2 Å². The van der Waals surface area contributed by atoms with E-state index in [-0.39, 0.29) is 12.4 Å². The molecule has 1 atom stereocenters. The van der Waals surface area contributed by atoms with Crippen molar-refractivity contribution in [2.45, 2.75) is 38.3 Å². The maximum absolute atomic E-state index is 11.4. The van der Waals surface area contributed by atoms with Crippen molar-refractivity contribution in [3.63, 3.8) is 0 Å². The number of likely N-dealkylation sites (tertiary alicyclic amines) is 1. The van der Waals surface area contributed by atoms with Crippen LogP contribution in [0.25, 0.3) is 0 Å². The van der Waals surface area contributed by atoms with E-state index in [0.717, 1.165) is 37.2 Å². The number of carbonyl (C=O) groups excluding carboxylic acids is 1. The Morgan fingerprint density at radius 1 is 1.35 bits per heavy atom. The molecular formula is C16H23NO3. The molecule has 20 heavy (non-hydrogen) atoms. The molecule has 110 valence electrons. The lowest BCUT2D eigenvalue weighted by molar-refractivity contribution is -0.0255. The van der Waals surface area contributed by atoms with E-state index in [1.54, 1.807) is 6.92 Å². The van der Waals surface area contributed by atoms with Gasteiger partial charge >= 0.3 is 0 Å². The van der Waals surface area contributed by atoms with Gasteiger partial charge in [-0.15, -0.1) is 0 Å². The van der Waals surface area contributed by atoms with E-state index < -0.39 is 5.60 Å². The maximum atomic E-state index is 11.4. The zero-order valence-corrected chi connectivity index (χ0v) is 12.0. The second kappa shape index (κ2) is 6.48. The molecule has 1 aromatic rings. The predicted molar refractivity (Wildman–Crippen MR) is 77.6 cm³/mol. The van der Waals surface area contributed by atoms with Gasteiger partial charge in [-0.2, -0.15) is 0 Å². The van der Waals surface area contributed by atoms with Crippen LogP contribution in [0.4, 0.5) is 0 Å². The SMILES string of the molecule is CC(=O)c1cccc(CN2CCCC(O)(CO)CC2)c1. The third kappa shape index (κ3) is 3.88. The van der Waals surface area contributed by atoms with Crippen molar-refractivity contribution in [3.05, 3.63) is 35.4 Å². The lowest BCUT2D eigenvalue weighted by atomic mass is 9.96. The topological polar surface area (TPSA) is 60.8 Å². The van der Waals surface area contributed by atoms with Gasteiger partial charge in [-0.3, -0.25) is 9.69 Å². The van der Waals surface area contributed by atoms with Crippen molar-refractivity contribution in [1.82, 2.24) is 4.90 Å². The van der Waals surface area contributed by atoms with E-state index in [1.807, 2.05) is 24.3 Å². The summed E-state index contributed by atoms with van der Waals surface area (Å²) in [4.78, 5) is 13.7. The number of benzene rings is 1. The van der Waals surface area contributed by atoms with Gasteiger partial charge < -0.3 is 10.2 Å². The van der Waals surface area contributed by atoms with Gasteiger partial charge in [0, 0.05) is 18.7 Å². The second-order valence-corrected chi connectivity index (χ2v) is 5.77. The number of hydrogen-bond donors (Lipinski definition) is 2. The van der Waals surface area contributed by atoms with Gasteiger partial charge in [-0.25, -0.2) is 0 Å². The number of rotatable bonds is 4. The number of Topliss-reactive ketones (excluding diaryl/α,β-unsaturated/α-hetero) is 1. The Kier molecular flexibility index (Phi) is 4.91. The summed E-state index contributed by atoms with van der Waals surface area (Å²) in [5.41, 5.74) is 0.937. The highest BCUT2D eigenvalue weighted by atomic mass is 16.3. The Morgan fingerprint density at radius 2 is 2.15 bits per heavy atom. The average Bonchev–Trinajstić information content (AvgIpc) is 2.62. The highest BCUT2D eigenvalue weighted by molar-refractivity contribution is 5.94. The molecule has 4 heteroatoms. The Bertz CT molecular complexity index is 475. The minimum atomic E-state index is -0.921. The van der Waals surface area contributed by atoms with E-state index in [2.05, 4.69) is 4.90 Å². The number of hydrogen-bond acceptors (Lipinski definition) is 4. The summed E-state index contributed by atoms with van der Waals surface area (Å²) in [5.74, 6) is 0.0809. The summed E-state index contributed by atoms with van der Waals surface area (Å²) >= 11 is 0. The first-order chi connectivity index (χ1) is 9.52. The Hall–Kier alpha value is -1.23. The zero-order valence-electron chi connectivity index (χ0n) is 12.0. The van der Waals surface area contributed by atoms with Crippen LogP contribution in [-0.2, 0) is 6.54 Å². The van der Waals surface area contributed by atoms with Crippen molar-refractivity contribution in [3.8, 4) is 0 Å². The molecule has 1 heterocycles. The Labute approximate surface area is 120 Å². The third-order valence-electron chi connectivity index (χ3n) is 4.04. The lowest BCUT2D eigenvalue weighted by Gasteiger charge is -2.24.